The van der Waals surface area contributed by atoms with Crippen molar-refractivity contribution >= 4 is 40.2 Å². The highest BCUT2D eigenvalue weighted by atomic mass is 35.5. The lowest BCUT2D eigenvalue weighted by Crippen LogP contribution is -2.17. The minimum Gasteiger partial charge on any atom is -0.457 e. The highest BCUT2D eigenvalue weighted by Gasteiger charge is 2.21. The monoisotopic (exact) mass is 487 g/mol. The van der Waals surface area contributed by atoms with Crippen LogP contribution in [-0.4, -0.2) is 30.4 Å². The molecule has 2 aromatic carbocycles. The number of anilines is 2. The van der Waals surface area contributed by atoms with E-state index in [9.17, 15) is 4.79 Å². The standard InChI is InChI=1S/C25H22ClN7O2/c1-33-23-7-6-17(11-21(23)32-25(33)31-16-4-2-15(26)3-5-16)35-18-8-9-29-20(10-18)19(12-24(27)34)22-13-28-14-30-22/h2-11,13-14,19H,12H2,1H3,(H2,27,34)(H,28,30)(H,31,32). The van der Waals surface area contributed by atoms with Crippen molar-refractivity contribution < 1.29 is 9.53 Å². The summed E-state index contributed by atoms with van der Waals surface area (Å²) in [5.41, 5.74) is 9.40. The number of halogens is 1. The number of amides is 1. The van der Waals surface area contributed by atoms with E-state index in [-0.39, 0.29) is 12.3 Å². The maximum Gasteiger partial charge on any atom is 0.218 e. The van der Waals surface area contributed by atoms with Gasteiger partial charge in [-0.25, -0.2) is 9.97 Å². The molecule has 0 radical (unpaired) electrons. The first-order valence-corrected chi connectivity index (χ1v) is 11.2. The molecule has 0 saturated heterocycles. The zero-order valence-corrected chi connectivity index (χ0v) is 19.5. The van der Waals surface area contributed by atoms with E-state index >= 15 is 0 Å². The number of primary amides is 1. The second-order valence-electron chi connectivity index (χ2n) is 8.01. The summed E-state index contributed by atoms with van der Waals surface area (Å²) in [4.78, 5) is 28.0. The molecule has 0 bridgehead atoms. The number of imidazole rings is 2. The van der Waals surface area contributed by atoms with Gasteiger partial charge in [-0.05, 0) is 42.5 Å². The number of nitrogens with one attached hydrogen (secondary N) is 2. The van der Waals surface area contributed by atoms with Crippen LogP contribution < -0.4 is 15.8 Å². The average Bonchev–Trinajstić information content (AvgIpc) is 3.48. The maximum atomic E-state index is 11.6. The van der Waals surface area contributed by atoms with Gasteiger partial charge >= 0.3 is 0 Å². The Balaban J connectivity index is 1.39. The highest BCUT2D eigenvalue weighted by Crippen LogP contribution is 2.31. The number of hydrogen-bond donors (Lipinski definition) is 3. The van der Waals surface area contributed by atoms with Crippen LogP contribution in [0.5, 0.6) is 11.5 Å². The summed E-state index contributed by atoms with van der Waals surface area (Å²) in [6.45, 7) is 0. The Morgan fingerprint density at radius 3 is 2.66 bits per heavy atom. The molecule has 5 aromatic rings. The van der Waals surface area contributed by atoms with Crippen molar-refractivity contribution in [2.24, 2.45) is 12.8 Å². The zero-order valence-electron chi connectivity index (χ0n) is 18.8. The summed E-state index contributed by atoms with van der Waals surface area (Å²) in [7, 11) is 1.94. The SMILES string of the molecule is Cn1c(Nc2ccc(Cl)cc2)nc2cc(Oc3ccnc(C(CC(N)=O)c4c[nH]cn4)c3)ccc21. The van der Waals surface area contributed by atoms with Crippen molar-refractivity contribution in [2.45, 2.75) is 12.3 Å². The normalized spacial score (nSPS) is 11.9. The molecule has 1 amide bonds. The largest absolute Gasteiger partial charge is 0.457 e. The lowest BCUT2D eigenvalue weighted by Gasteiger charge is -2.14. The molecule has 0 fully saturated rings. The lowest BCUT2D eigenvalue weighted by molar-refractivity contribution is -0.118. The van der Waals surface area contributed by atoms with E-state index in [2.05, 4.69) is 20.3 Å². The number of nitrogens with zero attached hydrogens (tertiary/aromatic N) is 4. The Bertz CT molecular complexity index is 1480. The summed E-state index contributed by atoms with van der Waals surface area (Å²) in [5, 5.41) is 3.98. The van der Waals surface area contributed by atoms with E-state index in [1.807, 2.05) is 54.1 Å². The van der Waals surface area contributed by atoms with Crippen LogP contribution in [0.2, 0.25) is 5.02 Å². The average molecular weight is 488 g/mol. The molecule has 176 valence electrons. The minimum absolute atomic E-state index is 0.0879. The summed E-state index contributed by atoms with van der Waals surface area (Å²) >= 11 is 5.98. The van der Waals surface area contributed by atoms with Crippen molar-refractivity contribution in [1.82, 2.24) is 24.5 Å². The number of ether oxygens (including phenoxy) is 1. The molecular weight excluding hydrogens is 466 g/mol. The highest BCUT2D eigenvalue weighted by molar-refractivity contribution is 6.30. The molecule has 0 aliphatic heterocycles. The third-order valence-electron chi connectivity index (χ3n) is 5.58. The molecule has 3 aromatic heterocycles. The first-order valence-electron chi connectivity index (χ1n) is 10.9. The van der Waals surface area contributed by atoms with Gasteiger partial charge in [0.25, 0.3) is 0 Å². The molecule has 1 unspecified atom stereocenters. The molecule has 0 saturated carbocycles. The number of aromatic nitrogens is 5. The first-order chi connectivity index (χ1) is 17.0. The number of fused-ring (bicyclic) bond motifs is 1. The van der Waals surface area contributed by atoms with Crippen LogP contribution in [0.15, 0.2) is 73.3 Å². The number of carbonyl (C=O) groups excluding carboxylic acids is 1. The smallest absolute Gasteiger partial charge is 0.218 e. The van der Waals surface area contributed by atoms with E-state index in [0.29, 0.717) is 33.9 Å². The fourth-order valence-electron chi connectivity index (χ4n) is 3.86. The van der Waals surface area contributed by atoms with E-state index in [4.69, 9.17) is 27.1 Å². The summed E-state index contributed by atoms with van der Waals surface area (Å²) < 4.78 is 8.08. The number of H-pyrrole nitrogens is 1. The van der Waals surface area contributed by atoms with Gasteiger partial charge in [-0.2, -0.15) is 0 Å². The number of pyridine rings is 1. The van der Waals surface area contributed by atoms with Crippen molar-refractivity contribution in [3.05, 3.63) is 89.7 Å². The van der Waals surface area contributed by atoms with Crippen molar-refractivity contribution in [2.75, 3.05) is 5.32 Å². The number of hydrogen-bond acceptors (Lipinski definition) is 6. The molecule has 3 heterocycles. The molecule has 0 spiro atoms. The molecule has 4 N–H and O–H groups in total. The quantitative estimate of drug-likeness (QED) is 0.286. The Hall–Kier alpha value is -4.37. The number of carbonyl (C=O) groups is 1. The van der Waals surface area contributed by atoms with E-state index in [1.165, 1.54) is 0 Å². The van der Waals surface area contributed by atoms with Crippen LogP contribution >= 0.6 is 11.6 Å². The van der Waals surface area contributed by atoms with Gasteiger partial charge in [-0.15, -0.1) is 0 Å². The third kappa shape index (κ3) is 4.95. The number of benzene rings is 2. The second-order valence-corrected chi connectivity index (χ2v) is 8.45. The van der Waals surface area contributed by atoms with Crippen molar-refractivity contribution in [3.8, 4) is 11.5 Å². The van der Waals surface area contributed by atoms with Gasteiger partial charge < -0.3 is 25.3 Å². The first kappa shape index (κ1) is 22.4. The maximum absolute atomic E-state index is 11.6. The van der Waals surface area contributed by atoms with Gasteiger partial charge in [0.2, 0.25) is 11.9 Å². The Morgan fingerprint density at radius 1 is 1.11 bits per heavy atom. The molecule has 1 atom stereocenters. The minimum atomic E-state index is -0.435. The van der Waals surface area contributed by atoms with Crippen LogP contribution in [0.1, 0.15) is 23.7 Å². The Morgan fingerprint density at radius 2 is 1.91 bits per heavy atom. The fourth-order valence-corrected chi connectivity index (χ4v) is 3.99. The Kier molecular flexibility index (Phi) is 6.07. The number of aryl methyl sites for hydroxylation is 1. The Labute approximate surface area is 205 Å². The van der Waals surface area contributed by atoms with E-state index < -0.39 is 5.91 Å². The van der Waals surface area contributed by atoms with Crippen molar-refractivity contribution in [1.29, 1.82) is 0 Å². The van der Waals surface area contributed by atoms with Gasteiger partial charge in [-0.3, -0.25) is 9.78 Å². The molecule has 10 heteroatoms. The fraction of sp³-hybridized carbons (Fsp3) is 0.120. The number of nitrogens with two attached hydrogens (primary N) is 1. The van der Waals surface area contributed by atoms with Gasteiger partial charge in [-0.1, -0.05) is 11.6 Å². The van der Waals surface area contributed by atoms with Gasteiger partial charge in [0.15, 0.2) is 0 Å². The molecule has 9 nitrogen and oxygen atoms in total. The summed E-state index contributed by atoms with van der Waals surface area (Å²) in [6.07, 6.45) is 5.01. The zero-order chi connectivity index (χ0) is 24.4. The topological polar surface area (TPSA) is 124 Å². The number of aromatic amines is 1. The van der Waals surface area contributed by atoms with Crippen LogP contribution in [0.3, 0.4) is 0 Å². The number of rotatable bonds is 8. The predicted molar refractivity (Wildman–Crippen MR) is 134 cm³/mol. The molecule has 35 heavy (non-hydrogen) atoms. The van der Waals surface area contributed by atoms with Crippen LogP contribution in [0.4, 0.5) is 11.6 Å². The third-order valence-corrected chi connectivity index (χ3v) is 5.83. The second kappa shape index (κ2) is 9.47. The molecule has 0 aliphatic carbocycles. The van der Waals surface area contributed by atoms with Crippen molar-refractivity contribution in [3.63, 3.8) is 0 Å². The molecular formula is C25H22ClN7O2. The van der Waals surface area contributed by atoms with Crippen LogP contribution in [0.25, 0.3) is 11.0 Å². The van der Waals surface area contributed by atoms with E-state index in [0.717, 1.165) is 16.7 Å². The molecule has 0 aliphatic rings. The summed E-state index contributed by atoms with van der Waals surface area (Å²) in [5.74, 6) is 1.09. The molecule has 5 rings (SSSR count). The summed E-state index contributed by atoms with van der Waals surface area (Å²) in [6, 6.07) is 16.7. The van der Waals surface area contributed by atoms with Gasteiger partial charge in [0, 0.05) is 48.7 Å². The predicted octanol–water partition coefficient (Wildman–Crippen LogP) is 4.89. The van der Waals surface area contributed by atoms with E-state index in [1.54, 1.807) is 30.9 Å². The van der Waals surface area contributed by atoms with Crippen LogP contribution in [-0.2, 0) is 11.8 Å². The lowest BCUT2D eigenvalue weighted by atomic mass is 9.97. The van der Waals surface area contributed by atoms with Gasteiger partial charge in [0.05, 0.1) is 34.7 Å². The van der Waals surface area contributed by atoms with Crippen LogP contribution in [0, 0.1) is 0 Å². The van der Waals surface area contributed by atoms with Gasteiger partial charge in [0.1, 0.15) is 11.5 Å².